The Balaban J connectivity index is 1.41. The van der Waals surface area contributed by atoms with Crippen molar-refractivity contribution in [2.45, 2.75) is 70.7 Å². The van der Waals surface area contributed by atoms with Crippen LogP contribution < -0.4 is 4.57 Å². The number of imide groups is 1. The second kappa shape index (κ2) is 12.1. The van der Waals surface area contributed by atoms with Gasteiger partial charge in [0.05, 0.1) is 30.6 Å². The number of hydrogen-bond donors (Lipinski definition) is 0. The topological polar surface area (TPSA) is 50.5 Å². The van der Waals surface area contributed by atoms with Crippen LogP contribution in [0.15, 0.2) is 73.6 Å². The first-order valence-corrected chi connectivity index (χ1v) is 13.0. The number of rotatable bonds is 12. The molecule has 5 heteroatoms. The van der Waals surface area contributed by atoms with Crippen molar-refractivity contribution in [3.63, 3.8) is 0 Å². The number of unbranched alkanes of at least 4 members (excludes halogenated alkanes) is 5. The van der Waals surface area contributed by atoms with Crippen molar-refractivity contribution in [1.29, 1.82) is 0 Å². The van der Waals surface area contributed by atoms with E-state index in [9.17, 15) is 9.59 Å². The van der Waals surface area contributed by atoms with E-state index in [4.69, 9.17) is 4.74 Å². The third kappa shape index (κ3) is 5.96. The number of pyridine rings is 1. The molecule has 2 aromatic rings. The Morgan fingerprint density at radius 1 is 0.943 bits per heavy atom. The average Bonchev–Trinajstić information content (AvgIpc) is 3.37. The Hall–Kier alpha value is -3.05. The van der Waals surface area contributed by atoms with Gasteiger partial charge in [-0.3, -0.25) is 14.5 Å². The Kier molecular flexibility index (Phi) is 8.64. The quantitative estimate of drug-likeness (QED) is 0.186. The van der Waals surface area contributed by atoms with E-state index in [1.165, 1.54) is 37.0 Å². The molecule has 2 fully saturated rings. The van der Waals surface area contributed by atoms with E-state index in [-0.39, 0.29) is 11.8 Å². The number of carbonyl (C=O) groups is 2. The highest BCUT2D eigenvalue weighted by atomic mass is 16.5. The van der Waals surface area contributed by atoms with Gasteiger partial charge in [-0.25, -0.2) is 4.57 Å². The van der Waals surface area contributed by atoms with Crippen LogP contribution in [0.5, 0.6) is 0 Å². The summed E-state index contributed by atoms with van der Waals surface area (Å²) < 4.78 is 8.23. The van der Waals surface area contributed by atoms with Gasteiger partial charge in [0.15, 0.2) is 12.4 Å². The number of aryl methyl sites for hydroxylation is 1. The van der Waals surface area contributed by atoms with Gasteiger partial charge < -0.3 is 4.74 Å². The summed E-state index contributed by atoms with van der Waals surface area (Å²) in [6.07, 6.45) is 16.2. The normalized spacial score (nSPS) is 23.9. The molecular weight excluding hydrogens is 436 g/mol. The predicted octanol–water partition coefficient (Wildman–Crippen LogP) is 5.10. The molecule has 0 saturated carbocycles. The smallest absolute Gasteiger partial charge is 0.236 e. The third-order valence-corrected chi connectivity index (χ3v) is 7.05. The van der Waals surface area contributed by atoms with E-state index in [1.807, 2.05) is 54.6 Å². The molecule has 4 rings (SSSR count). The van der Waals surface area contributed by atoms with E-state index < -0.39 is 24.0 Å². The maximum atomic E-state index is 13.4. The van der Waals surface area contributed by atoms with Crippen LogP contribution in [-0.2, 0) is 27.4 Å². The van der Waals surface area contributed by atoms with Crippen molar-refractivity contribution in [3.8, 4) is 0 Å². The van der Waals surface area contributed by atoms with E-state index in [0.717, 1.165) is 24.1 Å². The fourth-order valence-corrected chi connectivity index (χ4v) is 5.18. The van der Waals surface area contributed by atoms with Gasteiger partial charge in [0, 0.05) is 18.1 Å². The zero-order chi connectivity index (χ0) is 24.6. The van der Waals surface area contributed by atoms with Crippen molar-refractivity contribution in [1.82, 2.24) is 4.90 Å². The SMILES string of the molecule is C=C[C@H]1O[C@@H](/C=C/c2ccccc2)[C@@H]2C(=O)N(Cc3ccc[n+](CCCCCCCC)c3)C(=O)[C@@H]21. The number of fused-ring (bicyclic) bond motifs is 1. The summed E-state index contributed by atoms with van der Waals surface area (Å²) in [5.41, 5.74) is 2.00. The van der Waals surface area contributed by atoms with Gasteiger partial charge in [0.25, 0.3) is 0 Å². The lowest BCUT2D eigenvalue weighted by molar-refractivity contribution is -0.697. The standard InChI is InChI=1S/C30H37N2O3/c1-3-5-6-7-8-12-19-31-20-13-16-24(21-31)22-32-29(33)27-25(4-2)35-26(28(27)30(32)34)18-17-23-14-10-9-11-15-23/h4,9-11,13-18,20-21,25-28H,2-3,5-8,12,19,22H2,1H3/q+1/b18-17+/t25-,26+,27-,28+/m1/s1. The van der Waals surface area contributed by atoms with Gasteiger partial charge in [-0.1, -0.05) is 81.2 Å². The highest BCUT2D eigenvalue weighted by Gasteiger charge is 2.58. The molecule has 5 nitrogen and oxygen atoms in total. The molecule has 2 aliphatic rings. The molecule has 2 saturated heterocycles. The number of ether oxygens (including phenoxy) is 1. The molecule has 1 aromatic heterocycles. The molecule has 35 heavy (non-hydrogen) atoms. The van der Waals surface area contributed by atoms with Crippen LogP contribution >= 0.6 is 0 Å². The van der Waals surface area contributed by atoms with E-state index in [1.54, 1.807) is 6.08 Å². The van der Waals surface area contributed by atoms with Crippen molar-refractivity contribution in [3.05, 3.63) is 84.7 Å². The molecule has 0 unspecified atom stereocenters. The Morgan fingerprint density at radius 2 is 1.66 bits per heavy atom. The van der Waals surface area contributed by atoms with Crippen LogP contribution in [0, 0.1) is 11.8 Å². The first kappa shape index (κ1) is 25.1. The second-order valence-corrected chi connectivity index (χ2v) is 9.60. The van der Waals surface area contributed by atoms with Crippen LogP contribution in [0.2, 0.25) is 0 Å². The van der Waals surface area contributed by atoms with Crippen molar-refractivity contribution in [2.24, 2.45) is 11.8 Å². The average molecular weight is 474 g/mol. The zero-order valence-electron chi connectivity index (χ0n) is 20.7. The molecule has 0 bridgehead atoms. The van der Waals surface area contributed by atoms with Gasteiger partial charge in [0.2, 0.25) is 11.8 Å². The summed E-state index contributed by atoms with van der Waals surface area (Å²) in [5, 5.41) is 0. The van der Waals surface area contributed by atoms with Crippen molar-refractivity contribution in [2.75, 3.05) is 0 Å². The minimum atomic E-state index is -0.510. The Bertz CT molecular complexity index is 1050. The van der Waals surface area contributed by atoms with Crippen LogP contribution in [0.4, 0.5) is 0 Å². The summed E-state index contributed by atoms with van der Waals surface area (Å²) in [5.74, 6) is -1.33. The molecule has 4 atom stereocenters. The molecule has 0 N–H and O–H groups in total. The highest BCUT2D eigenvalue weighted by Crippen LogP contribution is 2.42. The fraction of sp³-hybridized carbons (Fsp3) is 0.433. The summed E-state index contributed by atoms with van der Waals surface area (Å²) in [6.45, 7) is 7.33. The number of amides is 2. The van der Waals surface area contributed by atoms with Crippen molar-refractivity contribution < 1.29 is 18.9 Å². The van der Waals surface area contributed by atoms with Gasteiger partial charge in [-0.05, 0) is 18.1 Å². The van der Waals surface area contributed by atoms with Gasteiger partial charge >= 0.3 is 0 Å². The number of carbonyl (C=O) groups excluding carboxylic acids is 2. The first-order chi connectivity index (χ1) is 17.1. The summed E-state index contributed by atoms with van der Waals surface area (Å²) in [6, 6.07) is 13.9. The first-order valence-electron chi connectivity index (χ1n) is 13.0. The minimum absolute atomic E-state index is 0.154. The molecule has 184 valence electrons. The monoisotopic (exact) mass is 473 g/mol. The van der Waals surface area contributed by atoms with Gasteiger partial charge in [-0.15, -0.1) is 6.58 Å². The largest absolute Gasteiger partial charge is 0.365 e. The van der Waals surface area contributed by atoms with E-state index in [2.05, 4.69) is 30.5 Å². The lowest BCUT2D eigenvalue weighted by Crippen LogP contribution is -2.37. The number of aromatic nitrogens is 1. The third-order valence-electron chi connectivity index (χ3n) is 7.05. The molecule has 3 heterocycles. The molecule has 0 spiro atoms. The second-order valence-electron chi connectivity index (χ2n) is 9.60. The molecule has 1 aromatic carbocycles. The van der Waals surface area contributed by atoms with Crippen LogP contribution in [0.25, 0.3) is 6.08 Å². The van der Waals surface area contributed by atoms with E-state index in [0.29, 0.717) is 6.54 Å². The number of benzene rings is 1. The molecule has 0 aliphatic carbocycles. The minimum Gasteiger partial charge on any atom is -0.365 e. The van der Waals surface area contributed by atoms with Gasteiger partial charge in [0.1, 0.15) is 6.54 Å². The Morgan fingerprint density at radius 3 is 2.40 bits per heavy atom. The molecule has 2 aliphatic heterocycles. The maximum absolute atomic E-state index is 13.4. The van der Waals surface area contributed by atoms with Gasteiger partial charge in [-0.2, -0.15) is 0 Å². The lowest BCUT2D eigenvalue weighted by atomic mass is 9.89. The highest BCUT2D eigenvalue weighted by molar-refractivity contribution is 6.06. The Labute approximate surface area is 209 Å². The number of nitrogens with zero attached hydrogens (tertiary/aromatic N) is 2. The summed E-state index contributed by atoms with van der Waals surface area (Å²) in [7, 11) is 0. The maximum Gasteiger partial charge on any atom is 0.236 e. The number of likely N-dealkylation sites (tertiary alicyclic amines) is 1. The number of hydrogen-bond acceptors (Lipinski definition) is 3. The van der Waals surface area contributed by atoms with Crippen LogP contribution in [-0.4, -0.2) is 28.9 Å². The summed E-state index contributed by atoms with van der Waals surface area (Å²) >= 11 is 0. The zero-order valence-corrected chi connectivity index (χ0v) is 20.7. The lowest BCUT2D eigenvalue weighted by Gasteiger charge is -2.19. The van der Waals surface area contributed by atoms with Crippen LogP contribution in [0.3, 0.4) is 0 Å². The van der Waals surface area contributed by atoms with Crippen LogP contribution in [0.1, 0.15) is 56.6 Å². The fourth-order valence-electron chi connectivity index (χ4n) is 5.18. The predicted molar refractivity (Wildman–Crippen MR) is 137 cm³/mol. The molecular formula is C30H37N2O3+. The van der Waals surface area contributed by atoms with E-state index >= 15 is 0 Å². The molecule has 0 radical (unpaired) electrons. The summed E-state index contributed by atoms with van der Waals surface area (Å²) in [4.78, 5) is 28.2. The molecule has 2 amide bonds. The van der Waals surface area contributed by atoms with Crippen molar-refractivity contribution >= 4 is 17.9 Å².